The number of ether oxygens (including phenoxy) is 1. The lowest BCUT2D eigenvalue weighted by molar-refractivity contribution is 0.139. The van der Waals surface area contributed by atoms with E-state index in [2.05, 4.69) is 9.88 Å². The zero-order valence-corrected chi connectivity index (χ0v) is 9.72. The Morgan fingerprint density at radius 2 is 2.38 bits per heavy atom. The monoisotopic (exact) mass is 221 g/mol. The third kappa shape index (κ3) is 3.18. The van der Waals surface area contributed by atoms with E-state index in [1.165, 1.54) is 18.4 Å². The van der Waals surface area contributed by atoms with Crippen LogP contribution >= 0.6 is 0 Å². The van der Waals surface area contributed by atoms with Gasteiger partial charge in [0.1, 0.15) is 5.82 Å². The summed E-state index contributed by atoms with van der Waals surface area (Å²) in [5.74, 6) is 0.597. The molecule has 1 fully saturated rings. The first-order chi connectivity index (χ1) is 7.79. The first-order valence-electron chi connectivity index (χ1n) is 5.73. The molecule has 16 heavy (non-hydrogen) atoms. The SMILES string of the molecule is COCCN(Cc1ccnc(N)c1)C1CC1. The van der Waals surface area contributed by atoms with Gasteiger partial charge in [0.2, 0.25) is 0 Å². The van der Waals surface area contributed by atoms with Crippen LogP contribution in [-0.4, -0.2) is 36.2 Å². The van der Waals surface area contributed by atoms with Crippen LogP contribution in [0.15, 0.2) is 18.3 Å². The van der Waals surface area contributed by atoms with Crippen molar-refractivity contribution in [3.63, 3.8) is 0 Å². The molecule has 1 heterocycles. The molecule has 2 rings (SSSR count). The number of methoxy groups -OCH3 is 1. The minimum Gasteiger partial charge on any atom is -0.384 e. The van der Waals surface area contributed by atoms with E-state index in [0.29, 0.717) is 5.82 Å². The Hall–Kier alpha value is -1.13. The molecule has 2 N–H and O–H groups in total. The Bertz CT molecular complexity index is 339. The van der Waals surface area contributed by atoms with Crippen molar-refractivity contribution in [3.05, 3.63) is 23.9 Å². The van der Waals surface area contributed by atoms with Crippen molar-refractivity contribution in [3.8, 4) is 0 Å². The normalized spacial score (nSPS) is 15.6. The number of hydrogen-bond acceptors (Lipinski definition) is 4. The van der Waals surface area contributed by atoms with Gasteiger partial charge in [-0.3, -0.25) is 4.90 Å². The van der Waals surface area contributed by atoms with E-state index in [4.69, 9.17) is 10.5 Å². The van der Waals surface area contributed by atoms with Crippen LogP contribution in [0.5, 0.6) is 0 Å². The van der Waals surface area contributed by atoms with Gasteiger partial charge in [-0.05, 0) is 30.5 Å². The van der Waals surface area contributed by atoms with E-state index < -0.39 is 0 Å². The predicted molar refractivity (Wildman–Crippen MR) is 64.0 cm³/mol. The Labute approximate surface area is 96.4 Å². The molecule has 4 nitrogen and oxygen atoms in total. The van der Waals surface area contributed by atoms with Crippen LogP contribution in [0.25, 0.3) is 0 Å². The van der Waals surface area contributed by atoms with E-state index in [1.54, 1.807) is 13.3 Å². The standard InChI is InChI=1S/C12H19N3O/c1-16-7-6-15(11-2-3-11)9-10-4-5-14-12(13)8-10/h4-5,8,11H,2-3,6-7,9H2,1H3,(H2,13,14). The smallest absolute Gasteiger partial charge is 0.123 e. The fraction of sp³-hybridized carbons (Fsp3) is 0.583. The summed E-state index contributed by atoms with van der Waals surface area (Å²) in [5, 5.41) is 0. The van der Waals surface area contributed by atoms with E-state index in [0.717, 1.165) is 25.7 Å². The second-order valence-electron chi connectivity index (χ2n) is 4.28. The summed E-state index contributed by atoms with van der Waals surface area (Å²) in [7, 11) is 1.75. The topological polar surface area (TPSA) is 51.4 Å². The quantitative estimate of drug-likeness (QED) is 0.786. The maximum Gasteiger partial charge on any atom is 0.123 e. The van der Waals surface area contributed by atoms with Gasteiger partial charge in [-0.2, -0.15) is 0 Å². The molecule has 1 aromatic heterocycles. The Morgan fingerprint density at radius 3 is 3.00 bits per heavy atom. The minimum atomic E-state index is 0.597. The summed E-state index contributed by atoms with van der Waals surface area (Å²) < 4.78 is 5.13. The number of anilines is 1. The van der Waals surface area contributed by atoms with Crippen LogP contribution in [-0.2, 0) is 11.3 Å². The van der Waals surface area contributed by atoms with Gasteiger partial charge in [-0.1, -0.05) is 0 Å². The van der Waals surface area contributed by atoms with Gasteiger partial charge >= 0.3 is 0 Å². The highest BCUT2D eigenvalue weighted by Gasteiger charge is 2.28. The first kappa shape index (κ1) is 11.4. The predicted octanol–water partition coefficient (Wildman–Crippen LogP) is 1.27. The maximum absolute atomic E-state index is 5.67. The average molecular weight is 221 g/mol. The molecule has 0 aromatic carbocycles. The summed E-state index contributed by atoms with van der Waals surface area (Å²) >= 11 is 0. The second kappa shape index (κ2) is 5.27. The number of hydrogen-bond donors (Lipinski definition) is 1. The van der Waals surface area contributed by atoms with Crippen LogP contribution in [0.4, 0.5) is 5.82 Å². The third-order valence-corrected chi connectivity index (χ3v) is 2.88. The molecule has 0 aliphatic heterocycles. The molecule has 0 bridgehead atoms. The molecular weight excluding hydrogens is 202 g/mol. The fourth-order valence-electron chi connectivity index (χ4n) is 1.87. The van der Waals surface area contributed by atoms with Crippen molar-refractivity contribution >= 4 is 5.82 Å². The average Bonchev–Trinajstić information content (AvgIpc) is 3.08. The van der Waals surface area contributed by atoms with Gasteiger partial charge in [-0.15, -0.1) is 0 Å². The fourth-order valence-corrected chi connectivity index (χ4v) is 1.87. The van der Waals surface area contributed by atoms with Gasteiger partial charge in [0.05, 0.1) is 6.61 Å². The molecule has 0 atom stereocenters. The Morgan fingerprint density at radius 1 is 1.56 bits per heavy atom. The Balaban J connectivity index is 1.94. The molecule has 88 valence electrons. The van der Waals surface area contributed by atoms with E-state index in [-0.39, 0.29) is 0 Å². The van der Waals surface area contributed by atoms with Crippen LogP contribution < -0.4 is 5.73 Å². The lowest BCUT2D eigenvalue weighted by atomic mass is 10.2. The van der Waals surface area contributed by atoms with Crippen molar-refractivity contribution in [2.75, 3.05) is 26.0 Å². The Kier molecular flexibility index (Phi) is 3.74. The van der Waals surface area contributed by atoms with Gasteiger partial charge < -0.3 is 10.5 Å². The molecule has 0 saturated heterocycles. The highest BCUT2D eigenvalue weighted by Crippen LogP contribution is 2.28. The number of nitrogen functional groups attached to an aromatic ring is 1. The zero-order valence-electron chi connectivity index (χ0n) is 9.72. The molecular formula is C12H19N3O. The van der Waals surface area contributed by atoms with Gasteiger partial charge in [-0.25, -0.2) is 4.98 Å². The van der Waals surface area contributed by atoms with E-state index in [1.807, 2.05) is 12.1 Å². The van der Waals surface area contributed by atoms with Gasteiger partial charge in [0.25, 0.3) is 0 Å². The molecule has 0 amide bonds. The second-order valence-corrected chi connectivity index (χ2v) is 4.28. The first-order valence-corrected chi connectivity index (χ1v) is 5.73. The molecule has 1 aliphatic carbocycles. The molecule has 0 radical (unpaired) electrons. The minimum absolute atomic E-state index is 0.597. The van der Waals surface area contributed by atoms with Gasteiger partial charge in [0, 0.05) is 32.4 Å². The van der Waals surface area contributed by atoms with Crippen molar-refractivity contribution in [1.29, 1.82) is 0 Å². The molecule has 1 aromatic rings. The van der Waals surface area contributed by atoms with Crippen LogP contribution in [0.3, 0.4) is 0 Å². The molecule has 1 aliphatic rings. The lowest BCUT2D eigenvalue weighted by Crippen LogP contribution is -2.29. The number of aromatic nitrogens is 1. The molecule has 0 unspecified atom stereocenters. The maximum atomic E-state index is 5.67. The van der Waals surface area contributed by atoms with Gasteiger partial charge in [0.15, 0.2) is 0 Å². The van der Waals surface area contributed by atoms with Crippen LogP contribution in [0.2, 0.25) is 0 Å². The summed E-state index contributed by atoms with van der Waals surface area (Å²) in [4.78, 5) is 6.46. The largest absolute Gasteiger partial charge is 0.384 e. The zero-order chi connectivity index (χ0) is 11.4. The van der Waals surface area contributed by atoms with Crippen molar-refractivity contribution in [2.24, 2.45) is 0 Å². The molecule has 4 heteroatoms. The van der Waals surface area contributed by atoms with Crippen molar-refractivity contribution in [2.45, 2.75) is 25.4 Å². The molecule has 1 saturated carbocycles. The third-order valence-electron chi connectivity index (χ3n) is 2.88. The van der Waals surface area contributed by atoms with E-state index >= 15 is 0 Å². The number of rotatable bonds is 6. The van der Waals surface area contributed by atoms with Crippen molar-refractivity contribution < 1.29 is 4.74 Å². The molecule has 0 spiro atoms. The van der Waals surface area contributed by atoms with Crippen LogP contribution in [0.1, 0.15) is 18.4 Å². The van der Waals surface area contributed by atoms with Crippen molar-refractivity contribution in [1.82, 2.24) is 9.88 Å². The highest BCUT2D eigenvalue weighted by molar-refractivity contribution is 5.31. The highest BCUT2D eigenvalue weighted by atomic mass is 16.5. The summed E-state index contributed by atoms with van der Waals surface area (Å²) in [5.41, 5.74) is 6.90. The summed E-state index contributed by atoms with van der Waals surface area (Å²) in [6.45, 7) is 2.72. The number of nitrogens with two attached hydrogens (primary N) is 1. The number of pyridine rings is 1. The van der Waals surface area contributed by atoms with E-state index in [9.17, 15) is 0 Å². The number of nitrogens with zero attached hydrogens (tertiary/aromatic N) is 2. The summed E-state index contributed by atoms with van der Waals surface area (Å²) in [6.07, 6.45) is 4.39. The summed E-state index contributed by atoms with van der Waals surface area (Å²) in [6, 6.07) is 4.71. The van der Waals surface area contributed by atoms with Crippen LogP contribution in [0, 0.1) is 0 Å². The lowest BCUT2D eigenvalue weighted by Gasteiger charge is -2.21.